The second kappa shape index (κ2) is 6.84. The summed E-state index contributed by atoms with van der Waals surface area (Å²) in [7, 11) is 3.14. The van der Waals surface area contributed by atoms with E-state index in [1.165, 1.54) is 9.91 Å². The number of hydrogen-bond acceptors (Lipinski definition) is 6. The van der Waals surface area contributed by atoms with Crippen molar-refractivity contribution in [3.05, 3.63) is 54.1 Å². The van der Waals surface area contributed by atoms with Crippen LogP contribution in [0.3, 0.4) is 0 Å². The Bertz CT molecular complexity index is 1020. The third-order valence-electron chi connectivity index (χ3n) is 6.12. The molecular weight excluding hydrogens is 386 g/mol. The van der Waals surface area contributed by atoms with Crippen LogP contribution in [-0.2, 0) is 14.4 Å². The second-order valence-corrected chi connectivity index (χ2v) is 7.55. The highest BCUT2D eigenvalue weighted by molar-refractivity contribution is 6.24. The number of imide groups is 1. The minimum atomic E-state index is -0.818. The molecule has 3 amide bonds. The van der Waals surface area contributed by atoms with Crippen LogP contribution in [0.15, 0.2) is 48.5 Å². The summed E-state index contributed by atoms with van der Waals surface area (Å²) in [5.41, 5.74) is 1.35. The second-order valence-electron chi connectivity index (χ2n) is 7.55. The molecule has 2 aromatic rings. The van der Waals surface area contributed by atoms with Crippen LogP contribution >= 0.6 is 0 Å². The number of amides is 3. The molecule has 3 aliphatic rings. The van der Waals surface area contributed by atoms with Crippen molar-refractivity contribution in [2.75, 3.05) is 25.7 Å². The maximum Gasteiger partial charge on any atom is 0.259 e. The monoisotopic (exact) mass is 407 g/mol. The van der Waals surface area contributed by atoms with Crippen molar-refractivity contribution in [3.8, 4) is 11.5 Å². The van der Waals surface area contributed by atoms with Crippen molar-refractivity contribution in [2.24, 2.45) is 5.92 Å². The van der Waals surface area contributed by atoms with Crippen molar-refractivity contribution in [1.82, 2.24) is 10.0 Å². The van der Waals surface area contributed by atoms with Gasteiger partial charge in [0.15, 0.2) is 0 Å². The van der Waals surface area contributed by atoms with Gasteiger partial charge in [-0.3, -0.25) is 19.4 Å². The molecule has 0 unspecified atom stereocenters. The molecule has 0 saturated carbocycles. The average Bonchev–Trinajstić information content (AvgIpc) is 3.39. The van der Waals surface area contributed by atoms with Crippen LogP contribution in [0.2, 0.25) is 0 Å². The lowest BCUT2D eigenvalue weighted by atomic mass is 9.89. The molecule has 8 nitrogen and oxygen atoms in total. The predicted molar refractivity (Wildman–Crippen MR) is 107 cm³/mol. The van der Waals surface area contributed by atoms with Gasteiger partial charge in [0.25, 0.3) is 5.91 Å². The van der Waals surface area contributed by atoms with Crippen molar-refractivity contribution in [2.45, 2.75) is 18.5 Å². The number of hydrazine groups is 1. The average molecular weight is 407 g/mol. The topological polar surface area (TPSA) is 79.4 Å². The number of rotatable bonds is 4. The summed E-state index contributed by atoms with van der Waals surface area (Å²) < 4.78 is 10.4. The van der Waals surface area contributed by atoms with E-state index >= 15 is 0 Å². The summed E-state index contributed by atoms with van der Waals surface area (Å²) >= 11 is 0. The van der Waals surface area contributed by atoms with Gasteiger partial charge >= 0.3 is 0 Å². The molecule has 0 bridgehead atoms. The summed E-state index contributed by atoms with van der Waals surface area (Å²) in [6, 6.07) is 13.0. The van der Waals surface area contributed by atoms with Crippen molar-refractivity contribution >= 4 is 23.4 Å². The van der Waals surface area contributed by atoms with Crippen molar-refractivity contribution in [3.63, 3.8) is 0 Å². The number of fused-ring (bicyclic) bond motifs is 3. The molecule has 0 aromatic heterocycles. The minimum absolute atomic E-state index is 0.126. The Morgan fingerprint density at radius 1 is 0.800 bits per heavy atom. The lowest BCUT2D eigenvalue weighted by molar-refractivity contribution is -0.143. The molecule has 8 heteroatoms. The van der Waals surface area contributed by atoms with E-state index < -0.39 is 12.0 Å². The largest absolute Gasteiger partial charge is 0.497 e. The van der Waals surface area contributed by atoms with Crippen LogP contribution in [0.25, 0.3) is 0 Å². The first kappa shape index (κ1) is 18.6. The molecule has 3 saturated heterocycles. The molecule has 154 valence electrons. The fraction of sp³-hybridized carbons (Fsp3) is 0.318. The quantitative estimate of drug-likeness (QED) is 0.719. The Morgan fingerprint density at radius 2 is 1.40 bits per heavy atom. The number of nitrogens with zero attached hydrogens (tertiary/aromatic N) is 3. The first-order valence-electron chi connectivity index (χ1n) is 9.79. The Morgan fingerprint density at radius 3 is 2.00 bits per heavy atom. The highest BCUT2D eigenvalue weighted by Gasteiger charge is 2.64. The Kier molecular flexibility index (Phi) is 4.25. The van der Waals surface area contributed by atoms with Crippen LogP contribution in [0, 0.1) is 5.92 Å². The van der Waals surface area contributed by atoms with E-state index in [1.807, 2.05) is 29.3 Å². The molecule has 0 aliphatic carbocycles. The Labute approximate surface area is 173 Å². The van der Waals surface area contributed by atoms with Gasteiger partial charge in [0.2, 0.25) is 11.8 Å². The molecule has 30 heavy (non-hydrogen) atoms. The van der Waals surface area contributed by atoms with Crippen molar-refractivity contribution in [1.29, 1.82) is 0 Å². The maximum absolute atomic E-state index is 13.5. The molecule has 3 aliphatic heterocycles. The number of methoxy groups -OCH3 is 2. The van der Waals surface area contributed by atoms with Gasteiger partial charge in [-0.05, 0) is 42.0 Å². The number of carbonyl (C=O) groups is 3. The Hall–Kier alpha value is -3.39. The molecular formula is C22H21N3O5. The van der Waals surface area contributed by atoms with E-state index in [0.717, 1.165) is 5.56 Å². The number of anilines is 1. The smallest absolute Gasteiger partial charge is 0.259 e. The first-order valence-corrected chi connectivity index (χ1v) is 9.79. The highest BCUT2D eigenvalue weighted by Crippen LogP contribution is 2.49. The third-order valence-corrected chi connectivity index (χ3v) is 6.12. The van der Waals surface area contributed by atoms with Gasteiger partial charge in [-0.2, -0.15) is 0 Å². The van der Waals surface area contributed by atoms with Gasteiger partial charge in [-0.15, -0.1) is 0 Å². The van der Waals surface area contributed by atoms with Gasteiger partial charge in [0.1, 0.15) is 17.5 Å². The van der Waals surface area contributed by atoms with E-state index in [9.17, 15) is 14.4 Å². The van der Waals surface area contributed by atoms with E-state index in [-0.39, 0.29) is 23.8 Å². The normalized spacial score (nSPS) is 25.7. The number of ether oxygens (including phenoxy) is 2. The van der Waals surface area contributed by atoms with E-state index in [0.29, 0.717) is 30.2 Å². The zero-order chi connectivity index (χ0) is 21.0. The van der Waals surface area contributed by atoms with E-state index in [1.54, 1.807) is 38.5 Å². The number of benzene rings is 2. The fourth-order valence-electron chi connectivity index (χ4n) is 4.76. The fourth-order valence-corrected chi connectivity index (χ4v) is 4.76. The summed E-state index contributed by atoms with van der Waals surface area (Å²) in [5, 5.41) is 3.38. The maximum atomic E-state index is 13.5. The molecule has 5 rings (SSSR count). The molecule has 0 N–H and O–H groups in total. The van der Waals surface area contributed by atoms with Gasteiger partial charge in [-0.1, -0.05) is 12.1 Å². The summed E-state index contributed by atoms with van der Waals surface area (Å²) in [5.74, 6) is -0.105. The molecule has 3 atom stereocenters. The van der Waals surface area contributed by atoms with E-state index in [4.69, 9.17) is 9.47 Å². The van der Waals surface area contributed by atoms with Gasteiger partial charge in [-0.25, -0.2) is 9.91 Å². The van der Waals surface area contributed by atoms with E-state index in [2.05, 4.69) is 0 Å². The molecule has 3 fully saturated rings. The summed E-state index contributed by atoms with van der Waals surface area (Å²) in [4.78, 5) is 40.7. The first-order chi connectivity index (χ1) is 14.5. The highest BCUT2D eigenvalue weighted by atomic mass is 16.5. The molecule has 0 spiro atoms. The van der Waals surface area contributed by atoms with Gasteiger partial charge in [0, 0.05) is 13.0 Å². The molecule has 2 aromatic carbocycles. The van der Waals surface area contributed by atoms with Crippen LogP contribution in [0.1, 0.15) is 18.0 Å². The SMILES string of the molecule is COc1ccc([C@H]2[C@@H]3C(=O)N(c4ccc(OC)cc4)C(=O)[C@@H]3N3C(=O)CCN23)cc1. The summed E-state index contributed by atoms with van der Waals surface area (Å²) in [6.45, 7) is 0.492. The lowest BCUT2D eigenvalue weighted by Gasteiger charge is -2.29. The van der Waals surface area contributed by atoms with Crippen LogP contribution in [0.4, 0.5) is 5.69 Å². The van der Waals surface area contributed by atoms with Gasteiger partial charge < -0.3 is 9.47 Å². The lowest BCUT2D eigenvalue weighted by Crippen LogP contribution is -2.45. The van der Waals surface area contributed by atoms with Crippen LogP contribution in [-0.4, -0.2) is 54.5 Å². The minimum Gasteiger partial charge on any atom is -0.497 e. The van der Waals surface area contributed by atoms with Crippen molar-refractivity contribution < 1.29 is 23.9 Å². The standard InChI is InChI=1S/C22H21N3O5/c1-29-15-7-3-13(4-8-15)19-18-20(25-17(26)11-12-23(19)25)22(28)24(21(18)27)14-5-9-16(30-2)10-6-14/h3-10,18-20H,11-12H2,1-2H3/t18-,19-,20+/m0/s1. The third kappa shape index (κ3) is 2.53. The number of hydrogen-bond donors (Lipinski definition) is 0. The van der Waals surface area contributed by atoms with Gasteiger partial charge in [0.05, 0.1) is 31.9 Å². The Balaban J connectivity index is 1.56. The van der Waals surface area contributed by atoms with Crippen LogP contribution < -0.4 is 14.4 Å². The zero-order valence-electron chi connectivity index (χ0n) is 16.6. The molecule has 0 radical (unpaired) electrons. The van der Waals surface area contributed by atoms with Crippen LogP contribution in [0.5, 0.6) is 11.5 Å². The molecule has 3 heterocycles. The predicted octanol–water partition coefficient (Wildman–Crippen LogP) is 1.77. The summed E-state index contributed by atoms with van der Waals surface area (Å²) in [6.07, 6.45) is 0.333. The number of carbonyl (C=O) groups excluding carboxylic acids is 3. The zero-order valence-corrected chi connectivity index (χ0v) is 16.6.